The standard InChI is InChI=1S/C17H13BrF2N2O2.C10H10FN3O2.C6H3BrFI/c1-22-8-21-16-14(22)7-12(17(23)24-2)11(15(16)20)5-9-3-4-10(18)6-13(9)19;1-14-4-13-9-6(14)3-5(10(15)16-2)8(12)7(9)11;7-4-1-2-6(9)5(8)3-4/h3-4,6-8H,5H2,1-2H3;3-4H,12H2,1-2H3;1-3H. The Morgan fingerprint density at radius 2 is 1.27 bits per heavy atom. The Kier molecular flexibility index (Phi) is 12.4. The zero-order valence-electron chi connectivity index (χ0n) is 26.1. The van der Waals surface area contributed by atoms with Crippen molar-refractivity contribution in [2.45, 2.75) is 6.42 Å². The lowest BCUT2D eigenvalue weighted by atomic mass is 9.97. The Balaban J connectivity index is 0.000000185. The number of aromatic nitrogens is 4. The molecule has 0 spiro atoms. The highest BCUT2D eigenvalue weighted by Crippen LogP contribution is 2.29. The van der Waals surface area contributed by atoms with Crippen LogP contribution in [0.4, 0.5) is 23.2 Å². The molecule has 0 aliphatic carbocycles. The number of carbonyl (C=O) groups excluding carboxylic acids is 2. The summed E-state index contributed by atoms with van der Waals surface area (Å²) in [7, 11) is 5.83. The van der Waals surface area contributed by atoms with E-state index in [0.29, 0.717) is 19.1 Å². The minimum absolute atomic E-state index is 0.0103. The molecule has 9 nitrogen and oxygen atoms in total. The number of methoxy groups -OCH3 is 2. The number of imidazole rings is 2. The first-order valence-electron chi connectivity index (χ1n) is 13.9. The Bertz CT molecular complexity index is 2210. The molecule has 2 N–H and O–H groups in total. The molecule has 6 rings (SSSR count). The van der Waals surface area contributed by atoms with Gasteiger partial charge in [0, 0.05) is 38.6 Å². The molecule has 256 valence electrons. The third-order valence-electron chi connectivity index (χ3n) is 7.13. The van der Waals surface area contributed by atoms with Gasteiger partial charge in [-0.1, -0.05) is 37.9 Å². The van der Waals surface area contributed by atoms with E-state index in [0.717, 1.165) is 4.47 Å². The van der Waals surface area contributed by atoms with Gasteiger partial charge in [-0.15, -0.1) is 0 Å². The third kappa shape index (κ3) is 8.41. The van der Waals surface area contributed by atoms with Gasteiger partial charge >= 0.3 is 11.9 Å². The van der Waals surface area contributed by atoms with Crippen molar-refractivity contribution in [3.8, 4) is 0 Å². The quantitative estimate of drug-likeness (QED) is 0.0623. The van der Waals surface area contributed by atoms with E-state index < -0.39 is 29.4 Å². The van der Waals surface area contributed by atoms with Crippen LogP contribution in [0.5, 0.6) is 0 Å². The fourth-order valence-corrected chi connectivity index (χ4v) is 5.57. The molecular weight excluding hydrogens is 893 g/mol. The third-order valence-corrected chi connectivity index (χ3v) is 9.00. The lowest BCUT2D eigenvalue weighted by molar-refractivity contribution is 0.0591. The summed E-state index contributed by atoms with van der Waals surface area (Å²) in [6.07, 6.45) is 2.83. The van der Waals surface area contributed by atoms with Gasteiger partial charge in [-0.25, -0.2) is 37.1 Å². The van der Waals surface area contributed by atoms with Gasteiger partial charge in [0.2, 0.25) is 0 Å². The summed E-state index contributed by atoms with van der Waals surface area (Å²) in [5, 5.41) is 0. The van der Waals surface area contributed by atoms with Crippen molar-refractivity contribution in [2.24, 2.45) is 14.1 Å². The van der Waals surface area contributed by atoms with Crippen molar-refractivity contribution in [2.75, 3.05) is 20.0 Å². The highest BCUT2D eigenvalue weighted by Gasteiger charge is 2.23. The second-order valence-corrected chi connectivity index (χ2v) is 13.3. The second-order valence-electron chi connectivity index (χ2n) is 10.3. The van der Waals surface area contributed by atoms with Gasteiger partial charge in [0.25, 0.3) is 0 Å². The largest absolute Gasteiger partial charge is 0.465 e. The highest BCUT2D eigenvalue weighted by atomic mass is 127. The molecule has 0 radical (unpaired) electrons. The molecule has 0 unspecified atom stereocenters. The van der Waals surface area contributed by atoms with Crippen LogP contribution in [0, 0.1) is 26.8 Å². The number of hydrogen-bond acceptors (Lipinski definition) is 7. The predicted molar refractivity (Wildman–Crippen MR) is 192 cm³/mol. The van der Waals surface area contributed by atoms with Crippen molar-refractivity contribution in [1.82, 2.24) is 19.1 Å². The molecule has 49 heavy (non-hydrogen) atoms. The number of hydrogen-bond donors (Lipinski definition) is 1. The first-order valence-corrected chi connectivity index (χ1v) is 16.6. The second kappa shape index (κ2) is 16.1. The van der Waals surface area contributed by atoms with Gasteiger partial charge in [-0.3, -0.25) is 0 Å². The summed E-state index contributed by atoms with van der Waals surface area (Å²) < 4.78 is 69.8. The summed E-state index contributed by atoms with van der Waals surface area (Å²) in [4.78, 5) is 31.3. The first-order chi connectivity index (χ1) is 23.2. The number of halogens is 7. The lowest BCUT2D eigenvalue weighted by Gasteiger charge is -2.11. The summed E-state index contributed by atoms with van der Waals surface area (Å²) in [5.74, 6) is -3.34. The molecule has 2 heterocycles. The van der Waals surface area contributed by atoms with Gasteiger partial charge in [0.05, 0.1) is 54.7 Å². The summed E-state index contributed by atoms with van der Waals surface area (Å²) in [5.41, 5.74) is 6.93. The highest BCUT2D eigenvalue weighted by molar-refractivity contribution is 14.1. The number of nitrogens with two attached hydrogens (primary N) is 1. The van der Waals surface area contributed by atoms with E-state index in [1.54, 1.807) is 41.4 Å². The molecule has 0 amide bonds. The fourth-order valence-electron chi connectivity index (χ4n) is 4.57. The average molecular weight is 919 g/mol. The average Bonchev–Trinajstić information content (AvgIpc) is 3.64. The molecule has 4 aromatic carbocycles. The molecule has 2 aromatic heterocycles. The normalized spacial score (nSPS) is 10.7. The number of fused-ring (bicyclic) bond motifs is 2. The molecule has 0 bridgehead atoms. The monoisotopic (exact) mass is 917 g/mol. The number of esters is 2. The van der Waals surface area contributed by atoms with E-state index in [1.165, 1.54) is 51.1 Å². The van der Waals surface area contributed by atoms with Crippen molar-refractivity contribution in [1.29, 1.82) is 0 Å². The molecule has 0 saturated heterocycles. The number of rotatable bonds is 4. The topological polar surface area (TPSA) is 114 Å². The number of anilines is 1. The number of nitrogens with zero attached hydrogens (tertiary/aromatic N) is 4. The van der Waals surface area contributed by atoms with Crippen LogP contribution in [-0.2, 0) is 30.0 Å². The number of nitrogen functional groups attached to an aromatic ring is 1. The van der Waals surface area contributed by atoms with Gasteiger partial charge in [0.15, 0.2) is 11.6 Å². The predicted octanol–water partition coefficient (Wildman–Crippen LogP) is 8.27. The number of benzene rings is 4. The zero-order valence-corrected chi connectivity index (χ0v) is 31.5. The number of aryl methyl sites for hydroxylation is 2. The molecule has 0 saturated carbocycles. The maximum Gasteiger partial charge on any atom is 0.340 e. The van der Waals surface area contributed by atoms with Gasteiger partial charge < -0.3 is 24.3 Å². The van der Waals surface area contributed by atoms with Crippen LogP contribution in [0.3, 0.4) is 0 Å². The van der Waals surface area contributed by atoms with E-state index in [2.05, 4.69) is 46.6 Å². The van der Waals surface area contributed by atoms with Crippen molar-refractivity contribution >= 4 is 94.1 Å². The van der Waals surface area contributed by atoms with Crippen LogP contribution >= 0.6 is 54.5 Å². The summed E-state index contributed by atoms with van der Waals surface area (Å²) >= 11 is 8.28. The van der Waals surface area contributed by atoms with E-state index in [4.69, 9.17) is 10.5 Å². The number of ether oxygens (including phenoxy) is 2. The van der Waals surface area contributed by atoms with Crippen LogP contribution in [0.15, 0.2) is 70.1 Å². The Labute approximate surface area is 307 Å². The Morgan fingerprint density at radius 1 is 0.776 bits per heavy atom. The zero-order chi connectivity index (χ0) is 36.2. The van der Waals surface area contributed by atoms with Crippen LogP contribution in [0.25, 0.3) is 22.1 Å². The van der Waals surface area contributed by atoms with E-state index >= 15 is 0 Å². The van der Waals surface area contributed by atoms with Crippen molar-refractivity contribution in [3.05, 3.63) is 119 Å². The van der Waals surface area contributed by atoms with E-state index in [9.17, 15) is 27.2 Å². The minimum atomic E-state index is -0.696. The molecule has 0 fully saturated rings. The molecule has 0 aliphatic heterocycles. The van der Waals surface area contributed by atoms with Crippen LogP contribution in [0.2, 0.25) is 0 Å². The lowest BCUT2D eigenvalue weighted by Crippen LogP contribution is -2.10. The van der Waals surface area contributed by atoms with Gasteiger partial charge in [-0.05, 0) is 70.6 Å². The summed E-state index contributed by atoms with van der Waals surface area (Å²) in [6, 6.07) is 12.5. The number of carbonyl (C=O) groups is 2. The molecule has 0 atom stereocenters. The smallest absolute Gasteiger partial charge is 0.340 e. The molecule has 16 heteroatoms. The van der Waals surface area contributed by atoms with Gasteiger partial charge in [-0.2, -0.15) is 0 Å². The fraction of sp³-hybridized carbons (Fsp3) is 0.152. The molecule has 0 aliphatic rings. The van der Waals surface area contributed by atoms with E-state index in [-0.39, 0.29) is 51.2 Å². The van der Waals surface area contributed by atoms with Gasteiger partial charge in [0.1, 0.15) is 22.7 Å². The molecular formula is C33H26Br2F4IN5O4. The maximum atomic E-state index is 14.9. The Morgan fingerprint density at radius 3 is 1.78 bits per heavy atom. The van der Waals surface area contributed by atoms with Crippen molar-refractivity contribution < 1.29 is 36.6 Å². The Hall–Kier alpha value is -4.03. The van der Waals surface area contributed by atoms with Crippen LogP contribution in [-0.4, -0.2) is 45.3 Å². The van der Waals surface area contributed by atoms with Crippen LogP contribution in [0.1, 0.15) is 31.8 Å². The SMILES string of the molecule is COC(=O)c1cc2c(ncn2C)c(F)c1Cc1ccc(Br)cc1F.COC(=O)c1cc2c(ncn2C)c(F)c1N.Fc1cc(Br)ccc1I. The first kappa shape index (κ1) is 37.8. The van der Waals surface area contributed by atoms with Crippen molar-refractivity contribution in [3.63, 3.8) is 0 Å². The van der Waals surface area contributed by atoms with E-state index in [1.807, 2.05) is 28.7 Å². The maximum absolute atomic E-state index is 14.9. The van der Waals surface area contributed by atoms with Crippen LogP contribution < -0.4 is 5.73 Å². The molecule has 6 aromatic rings. The summed E-state index contributed by atoms with van der Waals surface area (Å²) in [6.45, 7) is 0. The minimum Gasteiger partial charge on any atom is -0.465 e.